The van der Waals surface area contributed by atoms with Crippen LogP contribution < -0.4 is 10.1 Å². The van der Waals surface area contributed by atoms with Crippen molar-refractivity contribution in [1.29, 1.82) is 0 Å². The molecule has 0 spiro atoms. The van der Waals surface area contributed by atoms with Crippen LogP contribution in [0.1, 0.15) is 5.56 Å². The van der Waals surface area contributed by atoms with Gasteiger partial charge in [-0.2, -0.15) is 0 Å². The number of ether oxygens (including phenoxy) is 2. The van der Waals surface area contributed by atoms with E-state index in [4.69, 9.17) is 9.47 Å². The summed E-state index contributed by atoms with van der Waals surface area (Å²) in [6.45, 7) is -0.521. The summed E-state index contributed by atoms with van der Waals surface area (Å²) in [5.74, 6) is -1.31. The van der Waals surface area contributed by atoms with Crippen molar-refractivity contribution in [3.63, 3.8) is 0 Å². The second kappa shape index (κ2) is 8.98. The van der Waals surface area contributed by atoms with E-state index >= 15 is 0 Å². The molecule has 2 aromatic rings. The maximum Gasteiger partial charge on any atom is 0.331 e. The number of para-hydroxylation sites is 1. The van der Waals surface area contributed by atoms with Crippen molar-refractivity contribution in [2.24, 2.45) is 0 Å². The molecule has 2 rings (SSSR count). The molecule has 1 amide bonds. The lowest BCUT2D eigenvalue weighted by molar-refractivity contribution is -0.142. The lowest BCUT2D eigenvalue weighted by atomic mass is 10.2. The van der Waals surface area contributed by atoms with E-state index in [1.54, 1.807) is 18.2 Å². The van der Waals surface area contributed by atoms with Crippen LogP contribution in [-0.4, -0.2) is 25.6 Å². The minimum atomic E-state index is -0.703. The molecular weight excluding hydrogens is 393 g/mol. The van der Waals surface area contributed by atoms with E-state index in [9.17, 15) is 14.0 Å². The maximum atomic E-state index is 13.4. The van der Waals surface area contributed by atoms with Gasteiger partial charge >= 0.3 is 5.97 Å². The summed E-state index contributed by atoms with van der Waals surface area (Å²) in [7, 11) is 1.52. The molecule has 7 heteroatoms. The fourth-order valence-electron chi connectivity index (χ4n) is 1.93. The third-order valence-corrected chi connectivity index (χ3v) is 3.58. The van der Waals surface area contributed by atoms with E-state index in [2.05, 4.69) is 21.2 Å². The summed E-state index contributed by atoms with van der Waals surface area (Å²) >= 11 is 3.33. The molecule has 0 heterocycles. The molecular formula is C18H15BrFNO4. The van der Waals surface area contributed by atoms with Gasteiger partial charge < -0.3 is 14.8 Å². The third-order valence-electron chi connectivity index (χ3n) is 3.08. The molecule has 0 fully saturated rings. The second-order valence-corrected chi connectivity index (χ2v) is 5.77. The fraction of sp³-hybridized carbons (Fsp3) is 0.111. The highest BCUT2D eigenvalue weighted by atomic mass is 79.9. The smallest absolute Gasteiger partial charge is 0.331 e. The predicted molar refractivity (Wildman–Crippen MR) is 95.7 cm³/mol. The molecule has 2 aromatic carbocycles. The van der Waals surface area contributed by atoms with Gasteiger partial charge in [-0.25, -0.2) is 9.18 Å². The Morgan fingerprint density at radius 3 is 2.72 bits per heavy atom. The topological polar surface area (TPSA) is 64.6 Å². The van der Waals surface area contributed by atoms with Crippen LogP contribution >= 0.6 is 15.9 Å². The van der Waals surface area contributed by atoms with Crippen molar-refractivity contribution in [3.8, 4) is 5.75 Å². The van der Waals surface area contributed by atoms with Crippen molar-refractivity contribution in [2.45, 2.75) is 0 Å². The Kier molecular flexibility index (Phi) is 6.71. The molecule has 0 radical (unpaired) electrons. The van der Waals surface area contributed by atoms with E-state index < -0.39 is 24.3 Å². The van der Waals surface area contributed by atoms with Crippen LogP contribution in [0.15, 0.2) is 53.0 Å². The highest BCUT2D eigenvalue weighted by Crippen LogP contribution is 2.24. The second-order valence-electron chi connectivity index (χ2n) is 4.86. The van der Waals surface area contributed by atoms with Gasteiger partial charge in [0.15, 0.2) is 6.61 Å². The van der Waals surface area contributed by atoms with E-state index in [1.807, 2.05) is 6.07 Å². The highest BCUT2D eigenvalue weighted by Gasteiger charge is 2.08. The van der Waals surface area contributed by atoms with Crippen LogP contribution in [0.3, 0.4) is 0 Å². The standard InChI is InChI=1S/C18H15BrFNO4/c1-24-16-8-7-13(19)10-12(16)6-9-18(23)25-11-17(22)21-15-5-3-2-4-14(15)20/h2-10H,11H2,1H3,(H,21,22)/b9-6+. The number of esters is 1. The first-order valence-corrected chi connectivity index (χ1v) is 8.01. The molecule has 0 aliphatic carbocycles. The molecule has 130 valence electrons. The molecule has 1 N–H and O–H groups in total. The van der Waals surface area contributed by atoms with Crippen LogP contribution in [0.2, 0.25) is 0 Å². The average molecular weight is 408 g/mol. The first kappa shape index (κ1) is 18.7. The van der Waals surface area contributed by atoms with Gasteiger partial charge in [0.25, 0.3) is 5.91 Å². The van der Waals surface area contributed by atoms with Crippen molar-refractivity contribution in [1.82, 2.24) is 0 Å². The van der Waals surface area contributed by atoms with Crippen LogP contribution in [0.4, 0.5) is 10.1 Å². The van der Waals surface area contributed by atoms with E-state index in [-0.39, 0.29) is 5.69 Å². The zero-order valence-electron chi connectivity index (χ0n) is 13.3. The number of nitrogens with one attached hydrogen (secondary N) is 1. The largest absolute Gasteiger partial charge is 0.496 e. The molecule has 0 aliphatic rings. The van der Waals surface area contributed by atoms with Gasteiger partial charge in [0, 0.05) is 16.1 Å². The van der Waals surface area contributed by atoms with E-state index in [1.165, 1.54) is 37.5 Å². The van der Waals surface area contributed by atoms with Gasteiger partial charge in [0.2, 0.25) is 0 Å². The van der Waals surface area contributed by atoms with Crippen molar-refractivity contribution < 1.29 is 23.5 Å². The van der Waals surface area contributed by atoms with Crippen LogP contribution in [-0.2, 0) is 14.3 Å². The Morgan fingerprint density at radius 1 is 1.24 bits per heavy atom. The highest BCUT2D eigenvalue weighted by molar-refractivity contribution is 9.10. The molecule has 5 nitrogen and oxygen atoms in total. The summed E-state index contributed by atoms with van der Waals surface area (Å²) in [6, 6.07) is 11.0. The molecule has 0 aliphatic heterocycles. The molecule has 0 saturated carbocycles. The van der Waals surface area contributed by atoms with Crippen molar-refractivity contribution in [3.05, 3.63) is 64.4 Å². The monoisotopic (exact) mass is 407 g/mol. The van der Waals surface area contributed by atoms with Gasteiger partial charge in [-0.3, -0.25) is 4.79 Å². The third kappa shape index (κ3) is 5.72. The molecule has 0 saturated heterocycles. The van der Waals surface area contributed by atoms with Gasteiger partial charge in [0.05, 0.1) is 12.8 Å². The van der Waals surface area contributed by atoms with Crippen molar-refractivity contribution in [2.75, 3.05) is 19.0 Å². The van der Waals surface area contributed by atoms with Crippen LogP contribution in [0.25, 0.3) is 6.08 Å². The first-order chi connectivity index (χ1) is 12.0. The van der Waals surface area contributed by atoms with Gasteiger partial charge in [-0.05, 0) is 36.4 Å². The SMILES string of the molecule is COc1ccc(Br)cc1/C=C/C(=O)OCC(=O)Nc1ccccc1F. The molecule has 0 atom stereocenters. The van der Waals surface area contributed by atoms with Gasteiger partial charge in [-0.1, -0.05) is 28.1 Å². The number of amides is 1. The first-order valence-electron chi connectivity index (χ1n) is 7.22. The zero-order chi connectivity index (χ0) is 18.2. The van der Waals surface area contributed by atoms with Crippen LogP contribution in [0, 0.1) is 5.82 Å². The molecule has 25 heavy (non-hydrogen) atoms. The number of methoxy groups -OCH3 is 1. The Bertz CT molecular complexity index is 807. The summed E-state index contributed by atoms with van der Waals surface area (Å²) < 4.78 is 24.2. The number of hydrogen-bond acceptors (Lipinski definition) is 4. The Morgan fingerprint density at radius 2 is 2.00 bits per heavy atom. The number of carbonyl (C=O) groups is 2. The van der Waals surface area contributed by atoms with Crippen LogP contribution in [0.5, 0.6) is 5.75 Å². The van der Waals surface area contributed by atoms with E-state index in [0.29, 0.717) is 11.3 Å². The Hall–Kier alpha value is -2.67. The maximum absolute atomic E-state index is 13.4. The normalized spacial score (nSPS) is 10.5. The Labute approximate surface area is 152 Å². The average Bonchev–Trinajstić information content (AvgIpc) is 2.60. The van der Waals surface area contributed by atoms with Gasteiger partial charge in [-0.15, -0.1) is 0 Å². The molecule has 0 bridgehead atoms. The summed E-state index contributed by atoms with van der Waals surface area (Å²) in [5, 5.41) is 2.32. The summed E-state index contributed by atoms with van der Waals surface area (Å²) in [6.07, 6.45) is 2.70. The van der Waals surface area contributed by atoms with Gasteiger partial charge in [0.1, 0.15) is 11.6 Å². The minimum Gasteiger partial charge on any atom is -0.496 e. The Balaban J connectivity index is 1.89. The van der Waals surface area contributed by atoms with E-state index in [0.717, 1.165) is 4.47 Å². The molecule has 0 aromatic heterocycles. The number of halogens is 2. The number of carbonyl (C=O) groups excluding carboxylic acids is 2. The fourth-order valence-corrected chi connectivity index (χ4v) is 2.31. The number of hydrogen-bond donors (Lipinski definition) is 1. The number of anilines is 1. The van der Waals surface area contributed by atoms with Crippen molar-refractivity contribution >= 4 is 39.6 Å². The minimum absolute atomic E-state index is 0.0259. The number of benzene rings is 2. The zero-order valence-corrected chi connectivity index (χ0v) is 14.9. The summed E-state index contributed by atoms with van der Waals surface area (Å²) in [5.41, 5.74) is 0.697. The quantitative estimate of drug-likeness (QED) is 0.584. The lowest BCUT2D eigenvalue weighted by Gasteiger charge is -2.06. The predicted octanol–water partition coefficient (Wildman–Crippen LogP) is 3.79. The number of rotatable bonds is 6. The summed E-state index contributed by atoms with van der Waals surface area (Å²) in [4.78, 5) is 23.4. The molecule has 0 unspecified atom stereocenters. The lowest BCUT2D eigenvalue weighted by Crippen LogP contribution is -2.20.